The van der Waals surface area contributed by atoms with E-state index in [1.165, 1.54) is 48.5 Å². The van der Waals surface area contributed by atoms with Crippen LogP contribution < -0.4 is 0 Å². The molecule has 2 rings (SSSR count). The van der Waals surface area contributed by atoms with Gasteiger partial charge in [-0.1, -0.05) is 24.3 Å². The number of benzene rings is 2. The maximum absolute atomic E-state index is 10.5. The lowest BCUT2D eigenvalue weighted by atomic mass is 10.1. The van der Waals surface area contributed by atoms with Gasteiger partial charge in [0.15, 0.2) is 0 Å². The van der Waals surface area contributed by atoms with Crippen LogP contribution in [0.1, 0.15) is 41.4 Å². The summed E-state index contributed by atoms with van der Waals surface area (Å²) in [7, 11) is 0. The minimum atomic E-state index is -1.23. The Labute approximate surface area is 148 Å². The smallest absolute Gasteiger partial charge is 0.336 e. The topological polar surface area (TPSA) is 149 Å². The van der Waals surface area contributed by atoms with Gasteiger partial charge in [-0.15, -0.1) is 12.8 Å². The monoisotopic (exact) mass is 358 g/mol. The van der Waals surface area contributed by atoms with Crippen LogP contribution in [0.2, 0.25) is 0 Å². The Balaban J connectivity index is 0.000000439. The Morgan fingerprint density at radius 3 is 0.769 bits per heavy atom. The van der Waals surface area contributed by atoms with Crippen LogP contribution in [0.3, 0.4) is 0 Å². The summed E-state index contributed by atoms with van der Waals surface area (Å²) >= 11 is 0. The quantitative estimate of drug-likeness (QED) is 0.609. The van der Waals surface area contributed by atoms with E-state index in [9.17, 15) is 19.2 Å². The van der Waals surface area contributed by atoms with Gasteiger partial charge in [0, 0.05) is 0 Å². The molecule has 0 unspecified atom stereocenters. The van der Waals surface area contributed by atoms with E-state index >= 15 is 0 Å². The number of carboxylic acid groups (broad SMARTS) is 4. The zero-order valence-corrected chi connectivity index (χ0v) is 13.2. The molecule has 2 aromatic rings. The Morgan fingerprint density at radius 2 is 0.654 bits per heavy atom. The molecule has 0 spiro atoms. The molecule has 8 nitrogen and oxygen atoms in total. The summed E-state index contributed by atoms with van der Waals surface area (Å²) in [6.07, 6.45) is 8.00. The SMILES string of the molecule is C#C.O=C(O)c1ccccc1C(=O)O.O=C(O)c1ccccc1C(=O)O. The van der Waals surface area contributed by atoms with Crippen molar-refractivity contribution in [3.63, 3.8) is 0 Å². The lowest BCUT2D eigenvalue weighted by molar-refractivity contribution is 0.0651. The van der Waals surface area contributed by atoms with E-state index in [0.717, 1.165) is 0 Å². The highest BCUT2D eigenvalue weighted by molar-refractivity contribution is 6.02. The normalized spacial score (nSPS) is 8.69. The number of rotatable bonds is 4. The average molecular weight is 358 g/mol. The van der Waals surface area contributed by atoms with Crippen molar-refractivity contribution in [2.45, 2.75) is 0 Å². The van der Waals surface area contributed by atoms with Crippen LogP contribution >= 0.6 is 0 Å². The summed E-state index contributed by atoms with van der Waals surface area (Å²) in [4.78, 5) is 41.9. The highest BCUT2D eigenvalue weighted by Gasteiger charge is 2.14. The second-order valence-corrected chi connectivity index (χ2v) is 4.31. The molecule has 0 bridgehead atoms. The molecule has 0 aromatic heterocycles. The number of hydrogen-bond acceptors (Lipinski definition) is 4. The van der Waals surface area contributed by atoms with Crippen molar-refractivity contribution in [3.8, 4) is 12.8 Å². The molecule has 0 atom stereocenters. The third-order valence-electron chi connectivity index (χ3n) is 2.78. The summed E-state index contributed by atoms with van der Waals surface area (Å²) in [5.74, 6) is -4.91. The van der Waals surface area contributed by atoms with Gasteiger partial charge in [0.2, 0.25) is 0 Å². The maximum Gasteiger partial charge on any atom is 0.336 e. The number of carbonyl (C=O) groups is 4. The largest absolute Gasteiger partial charge is 0.478 e. The molecule has 0 heterocycles. The molecule has 0 radical (unpaired) electrons. The first-order valence-corrected chi connectivity index (χ1v) is 6.70. The van der Waals surface area contributed by atoms with Crippen LogP contribution in [0, 0.1) is 12.8 Å². The second kappa shape index (κ2) is 10.6. The van der Waals surface area contributed by atoms with Crippen molar-refractivity contribution >= 4 is 23.9 Å². The minimum Gasteiger partial charge on any atom is -0.478 e. The first-order chi connectivity index (χ1) is 12.3. The fraction of sp³-hybridized carbons (Fsp3) is 0. The van der Waals surface area contributed by atoms with Crippen LogP contribution in [0.15, 0.2) is 48.5 Å². The third-order valence-corrected chi connectivity index (χ3v) is 2.78. The van der Waals surface area contributed by atoms with Crippen molar-refractivity contribution in [2.75, 3.05) is 0 Å². The van der Waals surface area contributed by atoms with Gasteiger partial charge in [0.1, 0.15) is 0 Å². The van der Waals surface area contributed by atoms with Crippen molar-refractivity contribution in [1.82, 2.24) is 0 Å². The highest BCUT2D eigenvalue weighted by atomic mass is 16.4. The molecule has 0 saturated carbocycles. The molecule has 4 N–H and O–H groups in total. The van der Waals surface area contributed by atoms with E-state index in [1.807, 2.05) is 0 Å². The number of terminal acetylenes is 1. The summed E-state index contributed by atoms with van der Waals surface area (Å²) in [5, 5.41) is 34.2. The zero-order chi connectivity index (χ0) is 20.3. The number of carboxylic acids is 4. The molecule has 0 amide bonds. The molecule has 2 aromatic carbocycles. The number of hydrogen-bond donors (Lipinski definition) is 4. The fourth-order valence-corrected chi connectivity index (χ4v) is 1.71. The van der Waals surface area contributed by atoms with Crippen LogP contribution in [0.5, 0.6) is 0 Å². The Hall–Kier alpha value is -4.12. The fourth-order valence-electron chi connectivity index (χ4n) is 1.71. The van der Waals surface area contributed by atoms with E-state index in [1.54, 1.807) is 0 Å². The van der Waals surface area contributed by atoms with Crippen LogP contribution in [0.25, 0.3) is 0 Å². The lowest BCUT2D eigenvalue weighted by Crippen LogP contribution is -2.06. The molecule has 134 valence electrons. The summed E-state index contributed by atoms with van der Waals surface area (Å²) < 4.78 is 0. The predicted molar refractivity (Wildman–Crippen MR) is 90.6 cm³/mol. The van der Waals surface area contributed by atoms with Gasteiger partial charge >= 0.3 is 23.9 Å². The van der Waals surface area contributed by atoms with Gasteiger partial charge in [-0.3, -0.25) is 0 Å². The van der Waals surface area contributed by atoms with Gasteiger partial charge in [0.05, 0.1) is 22.3 Å². The van der Waals surface area contributed by atoms with Crippen LogP contribution in [-0.4, -0.2) is 44.3 Å². The van der Waals surface area contributed by atoms with E-state index in [-0.39, 0.29) is 22.3 Å². The molecule has 0 aliphatic heterocycles. The predicted octanol–water partition coefficient (Wildman–Crippen LogP) is 2.42. The van der Waals surface area contributed by atoms with Gasteiger partial charge in [-0.2, -0.15) is 0 Å². The highest BCUT2D eigenvalue weighted by Crippen LogP contribution is 2.08. The summed E-state index contributed by atoms with van der Waals surface area (Å²) in [6, 6.07) is 11.0. The average Bonchev–Trinajstić information content (AvgIpc) is 2.63. The van der Waals surface area contributed by atoms with Gasteiger partial charge in [0.25, 0.3) is 0 Å². The van der Waals surface area contributed by atoms with E-state index < -0.39 is 23.9 Å². The Bertz CT molecular complexity index is 702. The summed E-state index contributed by atoms with van der Waals surface area (Å²) in [6.45, 7) is 0. The number of aromatic carboxylic acids is 4. The zero-order valence-electron chi connectivity index (χ0n) is 13.2. The van der Waals surface area contributed by atoms with E-state index in [0.29, 0.717) is 0 Å². The molecule has 0 aliphatic rings. The van der Waals surface area contributed by atoms with Crippen LogP contribution in [-0.2, 0) is 0 Å². The van der Waals surface area contributed by atoms with Crippen LogP contribution in [0.4, 0.5) is 0 Å². The summed E-state index contributed by atoms with van der Waals surface area (Å²) in [5.41, 5.74) is -0.759. The molecule has 8 heteroatoms. The maximum atomic E-state index is 10.5. The molecular formula is C18H14O8. The minimum absolute atomic E-state index is 0.190. The molecule has 26 heavy (non-hydrogen) atoms. The van der Waals surface area contributed by atoms with Gasteiger partial charge in [-0.05, 0) is 24.3 Å². The molecule has 0 saturated heterocycles. The van der Waals surface area contributed by atoms with Gasteiger partial charge < -0.3 is 20.4 Å². The second-order valence-electron chi connectivity index (χ2n) is 4.31. The van der Waals surface area contributed by atoms with Crippen molar-refractivity contribution in [2.24, 2.45) is 0 Å². The third kappa shape index (κ3) is 6.17. The van der Waals surface area contributed by atoms with Gasteiger partial charge in [-0.25, -0.2) is 19.2 Å². The van der Waals surface area contributed by atoms with E-state index in [4.69, 9.17) is 20.4 Å². The van der Waals surface area contributed by atoms with Crippen molar-refractivity contribution in [1.29, 1.82) is 0 Å². The van der Waals surface area contributed by atoms with Crippen molar-refractivity contribution < 1.29 is 39.6 Å². The van der Waals surface area contributed by atoms with Crippen molar-refractivity contribution in [3.05, 3.63) is 70.8 Å². The molecular weight excluding hydrogens is 344 g/mol. The molecule has 0 aliphatic carbocycles. The van der Waals surface area contributed by atoms with E-state index in [2.05, 4.69) is 12.8 Å². The first kappa shape index (κ1) is 21.9. The lowest BCUT2D eigenvalue weighted by Gasteiger charge is -1.98. The molecule has 0 fully saturated rings. The standard InChI is InChI=1S/2C8H6O4.C2H2/c2*9-7(10)5-3-1-2-4-6(5)8(11)12;1-2/h2*1-4H,(H,9,10)(H,11,12);1-2H. The Morgan fingerprint density at radius 1 is 0.500 bits per heavy atom. The Kier molecular flexibility index (Phi) is 8.93. The first-order valence-electron chi connectivity index (χ1n) is 6.70.